The lowest BCUT2D eigenvalue weighted by atomic mass is 10.3. The minimum Gasteiger partial charge on any atom is -0.474 e. The number of aromatic nitrogens is 2. The first-order valence-corrected chi connectivity index (χ1v) is 6.41. The van der Waals surface area contributed by atoms with Crippen LogP contribution >= 0.6 is 0 Å². The zero-order valence-corrected chi connectivity index (χ0v) is 11.4. The molecule has 0 amide bonds. The van der Waals surface area contributed by atoms with E-state index in [-0.39, 0.29) is 37.8 Å². The summed E-state index contributed by atoms with van der Waals surface area (Å²) in [4.78, 5) is 24.2. The summed E-state index contributed by atoms with van der Waals surface area (Å²) in [7, 11) is 0. The Hall–Kier alpha value is -1.64. The Morgan fingerprint density at radius 2 is 2.05 bits per heavy atom. The smallest absolute Gasteiger partial charge is 0.336 e. The van der Waals surface area contributed by atoms with Gasteiger partial charge in [0.15, 0.2) is 6.23 Å². The Labute approximate surface area is 114 Å². The zero-order valence-electron chi connectivity index (χ0n) is 11.4. The third-order valence-electron chi connectivity index (χ3n) is 3.27. The van der Waals surface area contributed by atoms with Gasteiger partial charge < -0.3 is 19.7 Å². The molecule has 0 spiro atoms. The van der Waals surface area contributed by atoms with Gasteiger partial charge in [-0.25, -0.2) is 9.36 Å². The number of aliphatic hydroxyl groups excluding tert-OH is 2. The molecule has 1 aromatic rings. The lowest BCUT2D eigenvalue weighted by Crippen LogP contribution is -2.42. The molecule has 0 radical (unpaired) electrons. The number of hydrogen-bond donors (Lipinski definition) is 2. The van der Waals surface area contributed by atoms with Gasteiger partial charge in [-0.15, -0.1) is 0 Å². The molecule has 1 aliphatic rings. The second-order valence-corrected chi connectivity index (χ2v) is 4.52. The summed E-state index contributed by atoms with van der Waals surface area (Å²) in [5, 5.41) is 18.1. The normalized spacial score (nSPS) is 17.4. The summed E-state index contributed by atoms with van der Waals surface area (Å²) in [5.41, 5.74) is -0.567. The predicted molar refractivity (Wildman–Crippen MR) is 68.9 cm³/mol. The number of rotatable bonds is 5. The number of hydrogen-bond acceptors (Lipinski definition) is 6. The van der Waals surface area contributed by atoms with Crippen LogP contribution in [0.1, 0.15) is 18.7 Å². The van der Waals surface area contributed by atoms with Crippen LogP contribution in [0.5, 0.6) is 5.88 Å². The van der Waals surface area contributed by atoms with Crippen molar-refractivity contribution in [3.05, 3.63) is 26.4 Å². The first-order valence-electron chi connectivity index (χ1n) is 6.41. The molecular weight excluding hydrogens is 268 g/mol. The topological polar surface area (TPSA) is 103 Å². The summed E-state index contributed by atoms with van der Waals surface area (Å²) in [6.07, 6.45) is -1.57. The summed E-state index contributed by atoms with van der Waals surface area (Å²) in [6, 6.07) is 0. The van der Waals surface area contributed by atoms with Crippen molar-refractivity contribution < 1.29 is 19.7 Å². The number of fused-ring (bicyclic) bond motifs is 1. The van der Waals surface area contributed by atoms with E-state index in [0.717, 1.165) is 4.57 Å². The minimum absolute atomic E-state index is 0.0553. The van der Waals surface area contributed by atoms with Crippen LogP contribution < -0.4 is 16.0 Å². The summed E-state index contributed by atoms with van der Waals surface area (Å²) in [5.74, 6) is 0.185. The average Bonchev–Trinajstić information content (AvgIpc) is 2.87. The Bertz CT molecular complexity index is 601. The Kier molecular flexibility index (Phi) is 4.26. The van der Waals surface area contributed by atoms with Gasteiger partial charge in [-0.2, -0.15) is 0 Å². The summed E-state index contributed by atoms with van der Waals surface area (Å²) >= 11 is 0. The van der Waals surface area contributed by atoms with Gasteiger partial charge in [0, 0.05) is 6.54 Å². The van der Waals surface area contributed by atoms with Crippen LogP contribution in [0.2, 0.25) is 0 Å². The van der Waals surface area contributed by atoms with Crippen LogP contribution in [-0.2, 0) is 11.3 Å². The van der Waals surface area contributed by atoms with Crippen molar-refractivity contribution in [1.29, 1.82) is 0 Å². The van der Waals surface area contributed by atoms with Crippen molar-refractivity contribution in [3.63, 3.8) is 0 Å². The van der Waals surface area contributed by atoms with Gasteiger partial charge in [-0.05, 0) is 13.8 Å². The van der Waals surface area contributed by atoms with E-state index in [4.69, 9.17) is 19.7 Å². The summed E-state index contributed by atoms with van der Waals surface area (Å²) < 4.78 is 13.1. The molecule has 2 heterocycles. The van der Waals surface area contributed by atoms with Crippen LogP contribution in [0.3, 0.4) is 0 Å². The molecule has 0 aliphatic carbocycles. The van der Waals surface area contributed by atoms with Gasteiger partial charge in [0.25, 0.3) is 5.56 Å². The van der Waals surface area contributed by atoms with Crippen LogP contribution in [0.25, 0.3) is 0 Å². The summed E-state index contributed by atoms with van der Waals surface area (Å²) in [6.45, 7) is 2.84. The molecule has 0 saturated carbocycles. The highest BCUT2D eigenvalue weighted by Crippen LogP contribution is 2.26. The average molecular weight is 286 g/mol. The molecule has 20 heavy (non-hydrogen) atoms. The van der Waals surface area contributed by atoms with Crippen LogP contribution in [0.4, 0.5) is 0 Å². The largest absolute Gasteiger partial charge is 0.474 e. The van der Waals surface area contributed by atoms with Gasteiger partial charge in [0.2, 0.25) is 5.88 Å². The molecule has 8 nitrogen and oxygen atoms in total. The highest BCUT2D eigenvalue weighted by molar-refractivity contribution is 5.25. The highest BCUT2D eigenvalue weighted by atomic mass is 16.6. The second-order valence-electron chi connectivity index (χ2n) is 4.52. The Balaban J connectivity index is 2.48. The maximum absolute atomic E-state index is 12.3. The minimum atomic E-state index is -0.802. The van der Waals surface area contributed by atoms with Crippen molar-refractivity contribution in [2.45, 2.75) is 32.7 Å². The molecule has 0 aromatic carbocycles. The van der Waals surface area contributed by atoms with Crippen LogP contribution in [-0.4, -0.2) is 45.3 Å². The van der Waals surface area contributed by atoms with Crippen molar-refractivity contribution in [1.82, 2.24) is 9.13 Å². The second kappa shape index (κ2) is 5.78. The fourth-order valence-electron chi connectivity index (χ4n) is 2.18. The third-order valence-corrected chi connectivity index (χ3v) is 3.27. The van der Waals surface area contributed by atoms with E-state index < -0.39 is 18.0 Å². The molecule has 1 atom stereocenters. The van der Waals surface area contributed by atoms with Crippen molar-refractivity contribution in [3.8, 4) is 5.88 Å². The first-order chi connectivity index (χ1) is 9.54. The molecule has 112 valence electrons. The van der Waals surface area contributed by atoms with E-state index in [1.54, 1.807) is 13.8 Å². The molecule has 8 heteroatoms. The number of nitrogens with zero attached hydrogens (tertiary/aromatic N) is 2. The fourth-order valence-corrected chi connectivity index (χ4v) is 2.18. The van der Waals surface area contributed by atoms with Crippen LogP contribution in [0, 0.1) is 6.92 Å². The molecule has 0 unspecified atom stereocenters. The zero-order chi connectivity index (χ0) is 14.9. The van der Waals surface area contributed by atoms with Gasteiger partial charge in [-0.1, -0.05) is 0 Å². The predicted octanol–water partition coefficient (Wildman–Crippen LogP) is -1.40. The molecule has 0 bridgehead atoms. The molecule has 2 N–H and O–H groups in total. The van der Waals surface area contributed by atoms with Gasteiger partial charge in [-0.3, -0.25) is 9.36 Å². The van der Waals surface area contributed by atoms with Crippen molar-refractivity contribution >= 4 is 0 Å². The van der Waals surface area contributed by atoms with E-state index in [1.165, 1.54) is 4.57 Å². The third kappa shape index (κ3) is 2.26. The molecule has 0 fully saturated rings. The first kappa shape index (κ1) is 14.8. The Morgan fingerprint density at radius 1 is 1.40 bits per heavy atom. The van der Waals surface area contributed by atoms with E-state index in [0.29, 0.717) is 5.56 Å². The molecule has 1 aromatic heterocycles. The van der Waals surface area contributed by atoms with E-state index in [9.17, 15) is 9.59 Å². The monoisotopic (exact) mass is 286 g/mol. The maximum Gasteiger partial charge on any atom is 0.336 e. The van der Waals surface area contributed by atoms with E-state index >= 15 is 0 Å². The fraction of sp³-hybridized carbons (Fsp3) is 0.667. The number of ether oxygens (including phenoxy) is 2. The van der Waals surface area contributed by atoms with Crippen molar-refractivity contribution in [2.24, 2.45) is 0 Å². The Morgan fingerprint density at radius 3 is 2.60 bits per heavy atom. The van der Waals surface area contributed by atoms with Gasteiger partial charge in [0.1, 0.15) is 12.7 Å². The van der Waals surface area contributed by atoms with E-state index in [2.05, 4.69) is 0 Å². The SMILES string of the molecule is CCn1c(=O)c(C)c2n(c1=O)[C@@H](OC(CO)CO)CO2. The van der Waals surface area contributed by atoms with Gasteiger partial charge >= 0.3 is 5.69 Å². The standard InChI is InChI=1S/C12H18N2O6/c1-3-13-10(17)7(2)11-14(12(13)18)9(6-19-11)20-8(4-15)5-16/h8-9,15-16H,3-6H2,1-2H3/t9-/m0/s1. The van der Waals surface area contributed by atoms with Gasteiger partial charge in [0.05, 0.1) is 18.8 Å². The quantitative estimate of drug-likeness (QED) is 0.690. The maximum atomic E-state index is 12.3. The molecular formula is C12H18N2O6. The van der Waals surface area contributed by atoms with Crippen LogP contribution in [0.15, 0.2) is 9.59 Å². The molecule has 2 rings (SSSR count). The lowest BCUT2D eigenvalue weighted by molar-refractivity contribution is -0.0936. The highest BCUT2D eigenvalue weighted by Gasteiger charge is 2.31. The van der Waals surface area contributed by atoms with Crippen molar-refractivity contribution in [2.75, 3.05) is 19.8 Å². The van der Waals surface area contributed by atoms with E-state index in [1.807, 2.05) is 0 Å². The molecule has 1 aliphatic heterocycles. The number of aliphatic hydroxyl groups is 2. The lowest BCUT2D eigenvalue weighted by Gasteiger charge is -2.19. The molecule has 0 saturated heterocycles.